The standard InChI is InChI=1S/C16H15N3O2/c1-13-12-15(8-9-16(13)19(20)21)18(11-5-10-17)14-6-3-2-4-7-14/h2-4,6-9,12H,5,11H2,1H3. The van der Waals surface area contributed by atoms with E-state index in [9.17, 15) is 10.1 Å². The van der Waals surface area contributed by atoms with E-state index in [1.54, 1.807) is 19.1 Å². The highest BCUT2D eigenvalue weighted by Gasteiger charge is 2.14. The van der Waals surface area contributed by atoms with Crippen LogP contribution in [0.1, 0.15) is 12.0 Å². The van der Waals surface area contributed by atoms with Crippen LogP contribution in [0.25, 0.3) is 0 Å². The molecule has 21 heavy (non-hydrogen) atoms. The number of hydrogen-bond donors (Lipinski definition) is 0. The summed E-state index contributed by atoms with van der Waals surface area (Å²) in [4.78, 5) is 12.5. The monoisotopic (exact) mass is 281 g/mol. The molecule has 0 amide bonds. The molecule has 5 heteroatoms. The lowest BCUT2D eigenvalue weighted by Crippen LogP contribution is -2.18. The Morgan fingerprint density at radius 1 is 1.19 bits per heavy atom. The Balaban J connectivity index is 2.40. The summed E-state index contributed by atoms with van der Waals surface area (Å²) < 4.78 is 0. The second-order valence-corrected chi connectivity index (χ2v) is 4.62. The van der Waals surface area contributed by atoms with Crippen LogP contribution in [0.4, 0.5) is 17.1 Å². The Labute approximate surface area is 123 Å². The molecule has 0 aliphatic heterocycles. The molecule has 0 aromatic heterocycles. The van der Waals surface area contributed by atoms with Crippen molar-refractivity contribution in [1.82, 2.24) is 0 Å². The Hall–Kier alpha value is -2.87. The molecule has 0 aliphatic carbocycles. The van der Waals surface area contributed by atoms with Gasteiger partial charge in [0.15, 0.2) is 0 Å². The van der Waals surface area contributed by atoms with E-state index in [2.05, 4.69) is 6.07 Å². The highest BCUT2D eigenvalue weighted by Crippen LogP contribution is 2.29. The molecule has 2 rings (SSSR count). The van der Waals surface area contributed by atoms with Crippen molar-refractivity contribution in [2.24, 2.45) is 0 Å². The SMILES string of the molecule is Cc1cc(N(CCC#N)c2ccccc2)ccc1[N+](=O)[O-]. The van der Waals surface area contributed by atoms with Crippen molar-refractivity contribution in [2.75, 3.05) is 11.4 Å². The van der Waals surface area contributed by atoms with Crippen molar-refractivity contribution >= 4 is 17.1 Å². The number of nitro groups is 1. The van der Waals surface area contributed by atoms with E-state index in [-0.39, 0.29) is 10.6 Å². The van der Waals surface area contributed by atoms with Crippen molar-refractivity contribution in [1.29, 1.82) is 5.26 Å². The van der Waals surface area contributed by atoms with Gasteiger partial charge < -0.3 is 4.90 Å². The number of nitro benzene ring substituents is 1. The first-order valence-electron chi connectivity index (χ1n) is 6.58. The zero-order valence-electron chi connectivity index (χ0n) is 11.7. The number of aryl methyl sites for hydroxylation is 1. The first-order chi connectivity index (χ1) is 10.1. The summed E-state index contributed by atoms with van der Waals surface area (Å²) in [6.45, 7) is 2.26. The summed E-state index contributed by atoms with van der Waals surface area (Å²) in [5.41, 5.74) is 2.52. The lowest BCUT2D eigenvalue weighted by atomic mass is 10.1. The molecule has 0 unspecified atom stereocenters. The molecular formula is C16H15N3O2. The molecule has 5 nitrogen and oxygen atoms in total. The van der Waals surface area contributed by atoms with Gasteiger partial charge in [-0.25, -0.2) is 0 Å². The third kappa shape index (κ3) is 3.37. The molecule has 0 heterocycles. The van der Waals surface area contributed by atoms with Crippen LogP contribution in [0.5, 0.6) is 0 Å². The van der Waals surface area contributed by atoms with Gasteiger partial charge in [0.2, 0.25) is 0 Å². The van der Waals surface area contributed by atoms with E-state index in [0.29, 0.717) is 18.5 Å². The molecule has 0 spiro atoms. The van der Waals surface area contributed by atoms with E-state index < -0.39 is 0 Å². The fourth-order valence-corrected chi connectivity index (χ4v) is 2.19. The van der Waals surface area contributed by atoms with Crippen molar-refractivity contribution in [3.8, 4) is 6.07 Å². The molecule has 0 radical (unpaired) electrons. The van der Waals surface area contributed by atoms with Gasteiger partial charge in [0, 0.05) is 29.5 Å². The zero-order valence-corrected chi connectivity index (χ0v) is 11.7. The van der Waals surface area contributed by atoms with Gasteiger partial charge in [-0.3, -0.25) is 10.1 Å². The fraction of sp³-hybridized carbons (Fsp3) is 0.188. The van der Waals surface area contributed by atoms with Crippen LogP contribution >= 0.6 is 0 Å². The Morgan fingerprint density at radius 3 is 2.48 bits per heavy atom. The van der Waals surface area contributed by atoms with Crippen molar-refractivity contribution in [3.05, 3.63) is 64.2 Å². The summed E-state index contributed by atoms with van der Waals surface area (Å²) in [6, 6.07) is 16.8. The average Bonchev–Trinajstić information content (AvgIpc) is 2.48. The largest absolute Gasteiger partial charge is 0.340 e. The number of nitriles is 1. The summed E-state index contributed by atoms with van der Waals surface area (Å²) >= 11 is 0. The maximum Gasteiger partial charge on any atom is 0.272 e. The van der Waals surface area contributed by atoms with Gasteiger partial charge in [-0.1, -0.05) is 18.2 Å². The number of anilines is 2. The molecule has 0 bridgehead atoms. The minimum Gasteiger partial charge on any atom is -0.340 e. The molecular weight excluding hydrogens is 266 g/mol. The van der Waals surface area contributed by atoms with Crippen molar-refractivity contribution < 1.29 is 4.92 Å². The Kier molecular flexibility index (Phi) is 4.52. The first kappa shape index (κ1) is 14.5. The van der Waals surface area contributed by atoms with Gasteiger partial charge in [-0.2, -0.15) is 5.26 Å². The molecule has 0 N–H and O–H groups in total. The normalized spacial score (nSPS) is 9.90. The first-order valence-corrected chi connectivity index (χ1v) is 6.58. The molecule has 0 saturated heterocycles. The Morgan fingerprint density at radius 2 is 1.90 bits per heavy atom. The van der Waals surface area contributed by atoms with E-state index in [4.69, 9.17) is 5.26 Å². The maximum atomic E-state index is 10.9. The molecule has 0 aliphatic rings. The highest BCUT2D eigenvalue weighted by molar-refractivity contribution is 5.65. The maximum absolute atomic E-state index is 10.9. The second kappa shape index (κ2) is 6.53. The molecule has 0 fully saturated rings. The van der Waals surface area contributed by atoms with Crippen LogP contribution in [-0.2, 0) is 0 Å². The summed E-state index contributed by atoms with van der Waals surface area (Å²) in [5, 5.41) is 19.7. The minimum atomic E-state index is -0.388. The van der Waals surface area contributed by atoms with Crippen LogP contribution in [-0.4, -0.2) is 11.5 Å². The van der Waals surface area contributed by atoms with Crippen LogP contribution in [0.2, 0.25) is 0 Å². The lowest BCUT2D eigenvalue weighted by Gasteiger charge is -2.24. The van der Waals surface area contributed by atoms with Crippen molar-refractivity contribution in [3.63, 3.8) is 0 Å². The number of para-hydroxylation sites is 1. The summed E-state index contributed by atoms with van der Waals surface area (Å²) in [6.07, 6.45) is 0.380. The average molecular weight is 281 g/mol. The lowest BCUT2D eigenvalue weighted by molar-refractivity contribution is -0.385. The van der Waals surface area contributed by atoms with E-state index >= 15 is 0 Å². The van der Waals surface area contributed by atoms with E-state index in [0.717, 1.165) is 11.4 Å². The van der Waals surface area contributed by atoms with Crippen LogP contribution in [0.15, 0.2) is 48.5 Å². The fourth-order valence-electron chi connectivity index (χ4n) is 2.19. The Bertz CT molecular complexity index is 678. The zero-order chi connectivity index (χ0) is 15.2. The second-order valence-electron chi connectivity index (χ2n) is 4.62. The smallest absolute Gasteiger partial charge is 0.272 e. The molecule has 2 aromatic rings. The number of nitrogens with zero attached hydrogens (tertiary/aromatic N) is 3. The summed E-state index contributed by atoms with van der Waals surface area (Å²) in [7, 11) is 0. The van der Waals surface area contributed by atoms with E-state index in [1.165, 1.54) is 6.07 Å². The van der Waals surface area contributed by atoms with Gasteiger partial charge in [-0.05, 0) is 31.2 Å². The number of benzene rings is 2. The number of hydrogen-bond acceptors (Lipinski definition) is 4. The van der Waals surface area contributed by atoms with Crippen LogP contribution in [0.3, 0.4) is 0 Å². The number of rotatable bonds is 5. The van der Waals surface area contributed by atoms with E-state index in [1.807, 2.05) is 35.2 Å². The third-order valence-corrected chi connectivity index (χ3v) is 3.20. The predicted molar refractivity (Wildman–Crippen MR) is 81.5 cm³/mol. The van der Waals surface area contributed by atoms with Crippen LogP contribution in [0, 0.1) is 28.4 Å². The van der Waals surface area contributed by atoms with Crippen molar-refractivity contribution in [2.45, 2.75) is 13.3 Å². The molecule has 0 atom stereocenters. The van der Waals surface area contributed by atoms with Gasteiger partial charge in [0.05, 0.1) is 17.4 Å². The van der Waals surface area contributed by atoms with Gasteiger partial charge in [0.25, 0.3) is 5.69 Å². The molecule has 106 valence electrons. The van der Waals surface area contributed by atoms with Gasteiger partial charge in [-0.15, -0.1) is 0 Å². The quantitative estimate of drug-likeness (QED) is 0.614. The summed E-state index contributed by atoms with van der Waals surface area (Å²) in [5.74, 6) is 0. The predicted octanol–water partition coefficient (Wildman–Crippen LogP) is 3.96. The topological polar surface area (TPSA) is 70.2 Å². The third-order valence-electron chi connectivity index (χ3n) is 3.20. The van der Waals surface area contributed by atoms with Gasteiger partial charge in [0.1, 0.15) is 0 Å². The minimum absolute atomic E-state index is 0.104. The highest BCUT2D eigenvalue weighted by atomic mass is 16.6. The van der Waals surface area contributed by atoms with Crippen LogP contribution < -0.4 is 4.90 Å². The van der Waals surface area contributed by atoms with Gasteiger partial charge >= 0.3 is 0 Å². The molecule has 0 saturated carbocycles. The molecule has 2 aromatic carbocycles.